The van der Waals surface area contributed by atoms with Gasteiger partial charge in [-0.1, -0.05) is 18.2 Å². The molecular formula is C18H15N5O2. The lowest BCUT2D eigenvalue weighted by molar-refractivity contribution is 0.0992. The minimum atomic E-state index is -0.170. The summed E-state index contributed by atoms with van der Waals surface area (Å²) in [6, 6.07) is 12.7. The van der Waals surface area contributed by atoms with Gasteiger partial charge in [-0.2, -0.15) is 0 Å². The van der Waals surface area contributed by atoms with Crippen molar-refractivity contribution in [2.45, 2.75) is 6.92 Å². The molecule has 1 N–H and O–H groups in total. The van der Waals surface area contributed by atoms with E-state index in [0.29, 0.717) is 34.1 Å². The zero-order chi connectivity index (χ0) is 17.4. The van der Waals surface area contributed by atoms with E-state index >= 15 is 0 Å². The average Bonchev–Trinajstić information content (AvgIpc) is 3.29. The van der Waals surface area contributed by atoms with Crippen LogP contribution in [0.4, 0.5) is 5.82 Å². The number of furan rings is 1. The maximum atomic E-state index is 12.8. The zero-order valence-electron chi connectivity index (χ0n) is 13.7. The summed E-state index contributed by atoms with van der Waals surface area (Å²) >= 11 is 0. The fourth-order valence-electron chi connectivity index (χ4n) is 2.60. The number of hydrogen-bond acceptors (Lipinski definition) is 5. The third-order valence-corrected chi connectivity index (χ3v) is 3.87. The maximum absolute atomic E-state index is 12.8. The molecule has 0 unspecified atom stereocenters. The van der Waals surface area contributed by atoms with Crippen LogP contribution in [0.1, 0.15) is 16.1 Å². The number of aryl methyl sites for hydroxylation is 1. The van der Waals surface area contributed by atoms with Crippen molar-refractivity contribution in [3.05, 3.63) is 60.1 Å². The van der Waals surface area contributed by atoms with Gasteiger partial charge in [-0.25, -0.2) is 15.0 Å². The van der Waals surface area contributed by atoms with Crippen LogP contribution in [-0.4, -0.2) is 32.9 Å². The summed E-state index contributed by atoms with van der Waals surface area (Å²) in [5.74, 6) is 1.95. The molecule has 0 aliphatic rings. The number of nitrogens with one attached hydrogen (secondary N) is 1. The van der Waals surface area contributed by atoms with Gasteiger partial charge in [0.15, 0.2) is 23.0 Å². The van der Waals surface area contributed by atoms with E-state index in [1.165, 1.54) is 11.2 Å². The molecule has 0 spiro atoms. The highest BCUT2D eigenvalue weighted by Gasteiger charge is 2.21. The average molecular weight is 333 g/mol. The lowest BCUT2D eigenvalue weighted by Crippen LogP contribution is -2.27. The topological polar surface area (TPSA) is 87.9 Å². The number of aromatic nitrogens is 4. The van der Waals surface area contributed by atoms with Crippen molar-refractivity contribution < 1.29 is 9.21 Å². The lowest BCUT2D eigenvalue weighted by Gasteiger charge is -2.17. The van der Waals surface area contributed by atoms with E-state index in [0.717, 1.165) is 5.76 Å². The molecule has 0 aliphatic carbocycles. The summed E-state index contributed by atoms with van der Waals surface area (Å²) in [5, 5.41) is 0. The van der Waals surface area contributed by atoms with E-state index < -0.39 is 0 Å². The first-order valence-electron chi connectivity index (χ1n) is 7.74. The van der Waals surface area contributed by atoms with Gasteiger partial charge in [0.1, 0.15) is 11.3 Å². The number of nitrogens with zero attached hydrogens (tertiary/aromatic N) is 4. The van der Waals surface area contributed by atoms with Gasteiger partial charge in [0, 0.05) is 12.6 Å². The molecule has 4 aromatic rings. The second-order valence-electron chi connectivity index (χ2n) is 5.61. The quantitative estimate of drug-likeness (QED) is 0.622. The van der Waals surface area contributed by atoms with E-state index in [2.05, 4.69) is 19.9 Å². The summed E-state index contributed by atoms with van der Waals surface area (Å²) in [4.78, 5) is 30.4. The standard InChI is InChI=1S/C18H15N5O2/c1-11-8-9-13(25-11)15-21-16-14(19-10-20-16)17(22-15)23(2)18(24)12-6-4-3-5-7-12/h3-10H,1-2H3,(H,19,20,21,22). The number of fused-ring (bicyclic) bond motifs is 1. The summed E-state index contributed by atoms with van der Waals surface area (Å²) in [5.41, 5.74) is 1.65. The molecule has 0 bridgehead atoms. The number of rotatable bonds is 3. The highest BCUT2D eigenvalue weighted by atomic mass is 16.3. The monoisotopic (exact) mass is 333 g/mol. The molecule has 4 rings (SSSR count). The number of anilines is 1. The predicted octanol–water partition coefficient (Wildman–Crippen LogP) is 3.20. The van der Waals surface area contributed by atoms with Crippen molar-refractivity contribution in [2.24, 2.45) is 0 Å². The molecule has 0 saturated carbocycles. The van der Waals surface area contributed by atoms with Gasteiger partial charge in [0.2, 0.25) is 0 Å². The van der Waals surface area contributed by atoms with E-state index in [9.17, 15) is 4.79 Å². The summed E-state index contributed by atoms with van der Waals surface area (Å²) < 4.78 is 5.61. The molecule has 7 heteroatoms. The Morgan fingerprint density at radius 2 is 1.92 bits per heavy atom. The van der Waals surface area contributed by atoms with Crippen LogP contribution in [0.2, 0.25) is 0 Å². The molecule has 0 radical (unpaired) electrons. The van der Waals surface area contributed by atoms with E-state index in [-0.39, 0.29) is 5.91 Å². The summed E-state index contributed by atoms with van der Waals surface area (Å²) in [6.07, 6.45) is 1.53. The second kappa shape index (κ2) is 5.86. The third-order valence-electron chi connectivity index (χ3n) is 3.87. The summed E-state index contributed by atoms with van der Waals surface area (Å²) in [6.45, 7) is 1.85. The van der Waals surface area contributed by atoms with Crippen LogP contribution in [0.25, 0.3) is 22.7 Å². The molecule has 7 nitrogen and oxygen atoms in total. The van der Waals surface area contributed by atoms with Gasteiger partial charge >= 0.3 is 0 Å². The fraction of sp³-hybridized carbons (Fsp3) is 0.111. The number of benzene rings is 1. The maximum Gasteiger partial charge on any atom is 0.259 e. The number of aromatic amines is 1. The highest BCUT2D eigenvalue weighted by Crippen LogP contribution is 2.26. The van der Waals surface area contributed by atoms with Crippen molar-refractivity contribution in [1.82, 2.24) is 19.9 Å². The zero-order valence-corrected chi connectivity index (χ0v) is 13.7. The van der Waals surface area contributed by atoms with Crippen LogP contribution in [0, 0.1) is 6.92 Å². The van der Waals surface area contributed by atoms with Gasteiger partial charge in [0.05, 0.1) is 6.33 Å². The van der Waals surface area contributed by atoms with Crippen LogP contribution >= 0.6 is 0 Å². The van der Waals surface area contributed by atoms with Gasteiger partial charge < -0.3 is 9.40 Å². The Hall–Kier alpha value is -3.48. The number of H-pyrrole nitrogens is 1. The van der Waals surface area contributed by atoms with Crippen LogP contribution < -0.4 is 4.90 Å². The highest BCUT2D eigenvalue weighted by molar-refractivity contribution is 6.08. The molecule has 0 fully saturated rings. The van der Waals surface area contributed by atoms with Gasteiger partial charge in [-0.15, -0.1) is 0 Å². The first kappa shape index (κ1) is 15.1. The lowest BCUT2D eigenvalue weighted by atomic mass is 10.2. The van der Waals surface area contributed by atoms with E-state index in [4.69, 9.17) is 4.42 Å². The largest absolute Gasteiger partial charge is 0.458 e. The molecule has 3 aromatic heterocycles. The summed E-state index contributed by atoms with van der Waals surface area (Å²) in [7, 11) is 1.68. The Kier molecular flexibility index (Phi) is 3.53. The van der Waals surface area contributed by atoms with Crippen molar-refractivity contribution >= 4 is 22.9 Å². The SMILES string of the molecule is Cc1ccc(-c2nc(N(C)C(=O)c3ccccc3)c3[nH]cnc3n2)o1. The Morgan fingerprint density at radius 1 is 1.12 bits per heavy atom. The molecule has 0 aliphatic heterocycles. The molecule has 1 aromatic carbocycles. The van der Waals surface area contributed by atoms with E-state index in [1.54, 1.807) is 25.2 Å². The van der Waals surface area contributed by atoms with Crippen LogP contribution in [0.5, 0.6) is 0 Å². The normalized spacial score (nSPS) is 11.0. The first-order chi connectivity index (χ1) is 12.1. The molecule has 0 saturated heterocycles. The molecule has 1 amide bonds. The molecule has 3 heterocycles. The van der Waals surface area contributed by atoms with Crippen LogP contribution in [0.15, 0.2) is 53.2 Å². The number of amides is 1. The Bertz CT molecular complexity index is 1050. The molecule has 25 heavy (non-hydrogen) atoms. The smallest absolute Gasteiger partial charge is 0.259 e. The Morgan fingerprint density at radius 3 is 2.64 bits per heavy atom. The van der Waals surface area contributed by atoms with E-state index in [1.807, 2.05) is 31.2 Å². The van der Waals surface area contributed by atoms with Gasteiger partial charge in [-0.3, -0.25) is 9.69 Å². The Balaban J connectivity index is 1.83. The third kappa shape index (κ3) is 2.65. The molecule has 124 valence electrons. The first-order valence-corrected chi connectivity index (χ1v) is 7.74. The van der Waals surface area contributed by atoms with Crippen molar-refractivity contribution in [3.8, 4) is 11.6 Å². The number of hydrogen-bond donors (Lipinski definition) is 1. The van der Waals surface area contributed by atoms with Crippen molar-refractivity contribution in [2.75, 3.05) is 11.9 Å². The van der Waals surface area contributed by atoms with Crippen LogP contribution in [-0.2, 0) is 0 Å². The molecule has 0 atom stereocenters. The van der Waals surface area contributed by atoms with Crippen molar-refractivity contribution in [1.29, 1.82) is 0 Å². The van der Waals surface area contributed by atoms with Gasteiger partial charge in [0.25, 0.3) is 5.91 Å². The van der Waals surface area contributed by atoms with Gasteiger partial charge in [-0.05, 0) is 31.2 Å². The predicted molar refractivity (Wildman–Crippen MR) is 93.3 cm³/mol. The minimum absolute atomic E-state index is 0.170. The molecular weight excluding hydrogens is 318 g/mol. The van der Waals surface area contributed by atoms with Crippen LogP contribution in [0.3, 0.4) is 0 Å². The van der Waals surface area contributed by atoms with Crippen molar-refractivity contribution in [3.63, 3.8) is 0 Å². The number of imidazole rings is 1. The fourth-order valence-corrected chi connectivity index (χ4v) is 2.60. The second-order valence-corrected chi connectivity index (χ2v) is 5.61. The number of carbonyl (C=O) groups excluding carboxylic acids is 1. The Labute approximate surface area is 143 Å². The number of carbonyl (C=O) groups is 1. The minimum Gasteiger partial charge on any atom is -0.458 e.